The van der Waals surface area contributed by atoms with Crippen molar-refractivity contribution < 1.29 is 0 Å². The maximum atomic E-state index is 4.96. The normalized spacial score (nSPS) is 20.7. The zero-order chi connectivity index (χ0) is 24.2. The van der Waals surface area contributed by atoms with Gasteiger partial charge in [-0.2, -0.15) is 0 Å². The van der Waals surface area contributed by atoms with Gasteiger partial charge in [-0.3, -0.25) is 19.8 Å². The maximum absolute atomic E-state index is 4.96. The van der Waals surface area contributed by atoms with Gasteiger partial charge in [-0.1, -0.05) is 24.3 Å². The van der Waals surface area contributed by atoms with E-state index < -0.39 is 0 Å². The Morgan fingerprint density at radius 3 is 1.47 bits per heavy atom. The smallest absolute Gasteiger partial charge is 0.0890 e. The third-order valence-electron chi connectivity index (χ3n) is 7.47. The molecule has 2 fully saturated rings. The van der Waals surface area contributed by atoms with Crippen molar-refractivity contribution in [2.24, 2.45) is 0 Å². The summed E-state index contributed by atoms with van der Waals surface area (Å²) in [6, 6.07) is 25.7. The molecule has 0 spiro atoms. The lowest BCUT2D eigenvalue weighted by atomic mass is 10.0. The van der Waals surface area contributed by atoms with Crippen LogP contribution in [-0.2, 0) is 13.1 Å². The van der Waals surface area contributed by atoms with Crippen molar-refractivity contribution >= 4 is 0 Å². The summed E-state index contributed by atoms with van der Waals surface area (Å²) in [6.45, 7) is 4.06. The van der Waals surface area contributed by atoms with E-state index in [-0.39, 0.29) is 0 Å². The molecule has 6 heteroatoms. The van der Waals surface area contributed by atoms with Crippen molar-refractivity contribution in [3.05, 3.63) is 96.6 Å². The van der Waals surface area contributed by atoms with E-state index in [4.69, 9.17) is 9.97 Å². The van der Waals surface area contributed by atoms with Crippen molar-refractivity contribution in [3.8, 4) is 22.8 Å². The zero-order valence-electron chi connectivity index (χ0n) is 20.6. The Bertz CT molecular complexity index is 1180. The highest BCUT2D eigenvalue weighted by Gasteiger charge is 2.37. The Kier molecular flexibility index (Phi) is 6.79. The molecule has 182 valence electrons. The zero-order valence-corrected chi connectivity index (χ0v) is 20.6. The Labute approximate surface area is 213 Å². The van der Waals surface area contributed by atoms with Crippen LogP contribution in [0, 0.1) is 0 Å². The second-order valence-corrected chi connectivity index (χ2v) is 9.82. The average Bonchev–Trinajstić information content (AvgIpc) is 3.59. The van der Waals surface area contributed by atoms with Crippen molar-refractivity contribution in [1.82, 2.24) is 29.7 Å². The van der Waals surface area contributed by atoms with Gasteiger partial charge >= 0.3 is 0 Å². The molecule has 2 aliphatic rings. The SMILES string of the molecule is c1ccc(-c2cccc(CN3CCCC3[C@H]3CCCN3Cc3cccc(-c4ccccn4)n3)n2)nc1. The minimum absolute atomic E-state index is 0.562. The Morgan fingerprint density at radius 1 is 0.556 bits per heavy atom. The first kappa shape index (κ1) is 23.0. The van der Waals surface area contributed by atoms with E-state index in [1.54, 1.807) is 0 Å². The summed E-state index contributed by atoms with van der Waals surface area (Å²) in [6.07, 6.45) is 8.67. The lowest BCUT2D eigenvalue weighted by molar-refractivity contribution is 0.122. The van der Waals surface area contributed by atoms with E-state index in [1.165, 1.54) is 25.7 Å². The van der Waals surface area contributed by atoms with Gasteiger partial charge in [0.2, 0.25) is 0 Å². The number of hydrogen-bond donors (Lipinski definition) is 0. The van der Waals surface area contributed by atoms with Crippen LogP contribution in [0.15, 0.2) is 85.2 Å². The minimum Gasteiger partial charge on any atom is -0.293 e. The van der Waals surface area contributed by atoms with Crippen molar-refractivity contribution in [2.75, 3.05) is 13.1 Å². The van der Waals surface area contributed by atoms with Gasteiger partial charge < -0.3 is 0 Å². The molecule has 36 heavy (non-hydrogen) atoms. The van der Waals surface area contributed by atoms with Crippen LogP contribution in [0.3, 0.4) is 0 Å². The molecule has 0 saturated carbocycles. The molecule has 6 heterocycles. The fourth-order valence-electron chi connectivity index (χ4n) is 5.83. The summed E-state index contributed by atoms with van der Waals surface area (Å²) in [5, 5.41) is 0. The molecule has 4 aromatic rings. The molecule has 0 amide bonds. The predicted octanol–water partition coefficient (Wildman–Crippen LogP) is 5.23. The first-order valence-corrected chi connectivity index (χ1v) is 13.1. The van der Waals surface area contributed by atoms with Crippen LogP contribution in [0.1, 0.15) is 37.1 Å². The van der Waals surface area contributed by atoms with Crippen molar-refractivity contribution in [2.45, 2.75) is 50.9 Å². The van der Waals surface area contributed by atoms with Gasteiger partial charge in [0.15, 0.2) is 0 Å². The van der Waals surface area contributed by atoms with E-state index >= 15 is 0 Å². The molecule has 1 unspecified atom stereocenters. The van der Waals surface area contributed by atoms with Crippen LogP contribution < -0.4 is 0 Å². The average molecular weight is 477 g/mol. The molecule has 0 aromatic carbocycles. The van der Waals surface area contributed by atoms with Gasteiger partial charge in [-0.05, 0) is 87.3 Å². The molecular weight excluding hydrogens is 444 g/mol. The molecule has 2 atom stereocenters. The third kappa shape index (κ3) is 5.06. The van der Waals surface area contributed by atoms with Crippen molar-refractivity contribution in [1.29, 1.82) is 0 Å². The summed E-state index contributed by atoms with van der Waals surface area (Å²) < 4.78 is 0. The Hall–Kier alpha value is -3.48. The molecule has 0 N–H and O–H groups in total. The summed E-state index contributed by atoms with van der Waals surface area (Å²) >= 11 is 0. The number of nitrogens with zero attached hydrogens (tertiary/aromatic N) is 6. The number of pyridine rings is 4. The van der Waals surface area contributed by atoms with E-state index in [0.29, 0.717) is 12.1 Å². The van der Waals surface area contributed by atoms with Crippen LogP contribution in [0.25, 0.3) is 22.8 Å². The lowest BCUT2D eigenvalue weighted by Crippen LogP contribution is -2.45. The quantitative estimate of drug-likeness (QED) is 0.364. The fourth-order valence-corrected chi connectivity index (χ4v) is 5.83. The van der Waals surface area contributed by atoms with Gasteiger partial charge in [-0.25, -0.2) is 9.97 Å². The Morgan fingerprint density at radius 2 is 1.03 bits per heavy atom. The maximum Gasteiger partial charge on any atom is 0.0890 e. The Balaban J connectivity index is 1.16. The van der Waals surface area contributed by atoms with Crippen LogP contribution in [-0.4, -0.2) is 54.9 Å². The topological polar surface area (TPSA) is 58.0 Å². The molecule has 4 aromatic heterocycles. The minimum atomic E-state index is 0.562. The number of aromatic nitrogens is 4. The number of likely N-dealkylation sites (tertiary alicyclic amines) is 2. The van der Waals surface area contributed by atoms with E-state index in [1.807, 2.05) is 48.8 Å². The van der Waals surface area contributed by atoms with E-state index in [9.17, 15) is 0 Å². The molecule has 6 rings (SSSR count). The second-order valence-electron chi connectivity index (χ2n) is 9.82. The van der Waals surface area contributed by atoms with Crippen molar-refractivity contribution in [3.63, 3.8) is 0 Å². The van der Waals surface area contributed by atoms with Gasteiger partial charge in [0.1, 0.15) is 0 Å². The van der Waals surface area contributed by atoms with Gasteiger partial charge in [0, 0.05) is 37.6 Å². The lowest BCUT2D eigenvalue weighted by Gasteiger charge is -2.35. The highest BCUT2D eigenvalue weighted by molar-refractivity contribution is 5.54. The highest BCUT2D eigenvalue weighted by Crippen LogP contribution is 2.32. The van der Waals surface area contributed by atoms with Crippen LogP contribution in [0.2, 0.25) is 0 Å². The molecule has 0 aliphatic carbocycles. The van der Waals surface area contributed by atoms with E-state index in [2.05, 4.69) is 56.2 Å². The molecule has 0 radical (unpaired) electrons. The van der Waals surface area contributed by atoms with E-state index in [0.717, 1.165) is 60.3 Å². The first-order valence-electron chi connectivity index (χ1n) is 13.1. The summed E-state index contributed by atoms with van der Waals surface area (Å²) in [5.74, 6) is 0. The summed E-state index contributed by atoms with van der Waals surface area (Å²) in [4.78, 5) is 24.2. The summed E-state index contributed by atoms with van der Waals surface area (Å²) in [5.41, 5.74) is 6.01. The molecule has 2 aliphatic heterocycles. The van der Waals surface area contributed by atoms with Gasteiger partial charge in [-0.15, -0.1) is 0 Å². The first-order chi connectivity index (χ1) is 17.8. The molecule has 2 saturated heterocycles. The van der Waals surface area contributed by atoms with Crippen LogP contribution >= 0.6 is 0 Å². The fraction of sp³-hybridized carbons (Fsp3) is 0.333. The second kappa shape index (κ2) is 10.6. The number of hydrogen-bond acceptors (Lipinski definition) is 6. The molecule has 0 bridgehead atoms. The number of rotatable bonds is 7. The standard InChI is InChI=1S/C30H32N6/c1-3-17-31-25(11-1)27-13-5-9-23(33-27)21-35-19-7-15-29(35)30-16-8-20-36(30)22-24-10-6-14-28(34-24)26-12-2-4-18-32-26/h1-6,9-14,17-18,29-30H,7-8,15-16,19-22H2/t29-,30?/m1/s1. The molecule has 6 nitrogen and oxygen atoms in total. The molecular formula is C30H32N6. The predicted molar refractivity (Wildman–Crippen MR) is 142 cm³/mol. The van der Waals surface area contributed by atoms with Crippen LogP contribution in [0.5, 0.6) is 0 Å². The van der Waals surface area contributed by atoms with Gasteiger partial charge in [0.25, 0.3) is 0 Å². The largest absolute Gasteiger partial charge is 0.293 e. The van der Waals surface area contributed by atoms with Gasteiger partial charge in [0.05, 0.1) is 34.2 Å². The summed E-state index contributed by atoms with van der Waals surface area (Å²) in [7, 11) is 0. The monoisotopic (exact) mass is 476 g/mol. The highest BCUT2D eigenvalue weighted by atomic mass is 15.3. The third-order valence-corrected chi connectivity index (χ3v) is 7.47. The van der Waals surface area contributed by atoms with Crippen LogP contribution in [0.4, 0.5) is 0 Å².